The summed E-state index contributed by atoms with van der Waals surface area (Å²) in [7, 11) is 0. The molecular formula is C16H21Cl3N2O2. The third kappa shape index (κ3) is 5.23. The van der Waals surface area contributed by atoms with Crippen molar-refractivity contribution >= 4 is 40.7 Å². The van der Waals surface area contributed by atoms with Crippen molar-refractivity contribution in [3.63, 3.8) is 0 Å². The van der Waals surface area contributed by atoms with E-state index in [4.69, 9.17) is 39.5 Å². The largest absolute Gasteiger partial charge is 0.373 e. The van der Waals surface area contributed by atoms with Gasteiger partial charge >= 0.3 is 0 Å². The van der Waals surface area contributed by atoms with Crippen molar-refractivity contribution in [3.8, 4) is 0 Å². The van der Waals surface area contributed by atoms with E-state index < -0.39 is 9.96 Å². The Balaban J connectivity index is 2.17. The highest BCUT2D eigenvalue weighted by molar-refractivity contribution is 6.68. The normalized spacial score (nSPS) is 24.3. The quantitative estimate of drug-likeness (QED) is 0.817. The number of nitrogens with zero attached hydrogens (tertiary/aromatic N) is 1. The van der Waals surface area contributed by atoms with Crippen molar-refractivity contribution in [2.24, 2.45) is 0 Å². The first kappa shape index (κ1) is 18.8. The summed E-state index contributed by atoms with van der Waals surface area (Å²) in [5.41, 5.74) is 1.54. The van der Waals surface area contributed by atoms with Gasteiger partial charge in [0.05, 0.1) is 12.2 Å². The second-order valence-corrected chi connectivity index (χ2v) is 8.37. The van der Waals surface area contributed by atoms with E-state index in [9.17, 15) is 4.79 Å². The smallest absolute Gasteiger partial charge is 0.252 e. The number of aryl methyl sites for hydroxylation is 1. The van der Waals surface area contributed by atoms with Gasteiger partial charge in [-0.2, -0.15) is 0 Å². The Kier molecular flexibility index (Phi) is 6.20. The van der Waals surface area contributed by atoms with Gasteiger partial charge < -0.3 is 10.1 Å². The fourth-order valence-corrected chi connectivity index (χ4v) is 3.38. The second kappa shape index (κ2) is 7.58. The van der Waals surface area contributed by atoms with Crippen LogP contribution in [-0.2, 0) is 4.74 Å². The first-order chi connectivity index (χ1) is 10.7. The van der Waals surface area contributed by atoms with Gasteiger partial charge in [0, 0.05) is 18.7 Å². The number of alkyl halides is 3. The highest BCUT2D eigenvalue weighted by Crippen LogP contribution is 2.33. The first-order valence-corrected chi connectivity index (χ1v) is 8.64. The van der Waals surface area contributed by atoms with Gasteiger partial charge in [0.2, 0.25) is 3.79 Å². The molecule has 0 spiro atoms. The highest BCUT2D eigenvalue weighted by atomic mass is 35.6. The van der Waals surface area contributed by atoms with Crippen LogP contribution in [0.5, 0.6) is 0 Å². The number of rotatable bonds is 3. The molecule has 0 saturated carbocycles. The maximum Gasteiger partial charge on any atom is 0.252 e. The SMILES string of the molecule is Cc1cccc(C(=O)N[C@@H](N2C[C@H](C)O[C@@H](C)C2)C(Cl)(Cl)Cl)c1. The molecule has 4 nitrogen and oxygen atoms in total. The summed E-state index contributed by atoms with van der Waals surface area (Å²) in [5, 5.41) is 2.85. The molecule has 0 unspecified atom stereocenters. The number of ether oxygens (including phenoxy) is 1. The Morgan fingerprint density at radius 2 is 1.91 bits per heavy atom. The van der Waals surface area contributed by atoms with Crippen LogP contribution in [0.3, 0.4) is 0 Å². The summed E-state index contributed by atoms with van der Waals surface area (Å²) < 4.78 is 4.06. The summed E-state index contributed by atoms with van der Waals surface area (Å²) in [6.07, 6.45) is -0.719. The minimum atomic E-state index is -1.64. The maximum atomic E-state index is 12.5. The second-order valence-electron chi connectivity index (χ2n) is 6.00. The molecule has 128 valence electrons. The third-order valence-electron chi connectivity index (χ3n) is 3.67. The number of carbonyl (C=O) groups excluding carboxylic acids is 1. The number of halogens is 3. The Hall–Kier alpha value is -0.520. The average Bonchev–Trinajstić information content (AvgIpc) is 2.42. The highest BCUT2D eigenvalue weighted by Gasteiger charge is 2.41. The van der Waals surface area contributed by atoms with Gasteiger partial charge in [-0.25, -0.2) is 0 Å². The molecule has 1 saturated heterocycles. The molecule has 0 aliphatic carbocycles. The molecule has 1 aliphatic heterocycles. The molecule has 2 rings (SSSR count). The molecule has 0 radical (unpaired) electrons. The van der Waals surface area contributed by atoms with Gasteiger partial charge in [-0.3, -0.25) is 9.69 Å². The molecule has 0 bridgehead atoms. The van der Waals surface area contributed by atoms with Crippen molar-refractivity contribution in [1.82, 2.24) is 10.2 Å². The van der Waals surface area contributed by atoms with Crippen molar-refractivity contribution in [2.45, 2.75) is 42.9 Å². The van der Waals surface area contributed by atoms with Crippen LogP contribution in [0.25, 0.3) is 0 Å². The lowest BCUT2D eigenvalue weighted by Gasteiger charge is -2.42. The van der Waals surface area contributed by atoms with Crippen LogP contribution in [0, 0.1) is 6.92 Å². The molecule has 23 heavy (non-hydrogen) atoms. The van der Waals surface area contributed by atoms with E-state index in [0.717, 1.165) is 5.56 Å². The van der Waals surface area contributed by atoms with Crippen LogP contribution < -0.4 is 5.32 Å². The molecule has 1 aromatic carbocycles. The summed E-state index contributed by atoms with van der Waals surface area (Å²) in [6.45, 7) is 7.00. The number of nitrogens with one attached hydrogen (secondary N) is 1. The van der Waals surface area contributed by atoms with E-state index in [0.29, 0.717) is 18.7 Å². The zero-order valence-electron chi connectivity index (χ0n) is 13.4. The topological polar surface area (TPSA) is 41.6 Å². The molecule has 1 heterocycles. The summed E-state index contributed by atoms with van der Waals surface area (Å²) in [6, 6.07) is 7.29. The molecule has 1 aliphatic rings. The lowest BCUT2D eigenvalue weighted by atomic mass is 10.1. The fraction of sp³-hybridized carbons (Fsp3) is 0.562. The maximum absolute atomic E-state index is 12.5. The number of hydrogen-bond donors (Lipinski definition) is 1. The van der Waals surface area contributed by atoms with Gasteiger partial charge in [0.15, 0.2) is 0 Å². The Labute approximate surface area is 152 Å². The minimum Gasteiger partial charge on any atom is -0.373 e. The number of benzene rings is 1. The number of morpholine rings is 1. The molecule has 7 heteroatoms. The van der Waals surface area contributed by atoms with Crippen LogP contribution >= 0.6 is 34.8 Å². The van der Waals surface area contributed by atoms with Crippen molar-refractivity contribution in [2.75, 3.05) is 13.1 Å². The fourth-order valence-electron chi connectivity index (χ4n) is 2.80. The minimum absolute atomic E-state index is 0.00414. The van der Waals surface area contributed by atoms with Crippen LogP contribution in [-0.4, -0.2) is 46.1 Å². The Morgan fingerprint density at radius 3 is 2.43 bits per heavy atom. The van der Waals surface area contributed by atoms with Crippen LogP contribution in [0.1, 0.15) is 29.8 Å². The first-order valence-electron chi connectivity index (χ1n) is 7.50. The standard InChI is InChI=1S/C16H21Cl3N2O2/c1-10-5-4-6-13(7-10)14(22)20-15(16(17,18)19)21-8-11(2)23-12(3)9-21/h4-7,11-12,15H,8-9H2,1-3H3,(H,20,22)/t11-,12-,15-/m0/s1. The van der Waals surface area contributed by atoms with E-state index >= 15 is 0 Å². The van der Waals surface area contributed by atoms with Crippen molar-refractivity contribution in [1.29, 1.82) is 0 Å². The van der Waals surface area contributed by atoms with Crippen LogP contribution in [0.4, 0.5) is 0 Å². The summed E-state index contributed by atoms with van der Waals surface area (Å²) >= 11 is 18.4. The van der Waals surface area contributed by atoms with E-state index in [2.05, 4.69) is 5.32 Å². The molecule has 1 N–H and O–H groups in total. The van der Waals surface area contributed by atoms with Crippen molar-refractivity contribution in [3.05, 3.63) is 35.4 Å². The van der Waals surface area contributed by atoms with E-state index in [1.54, 1.807) is 12.1 Å². The number of amides is 1. The molecule has 3 atom stereocenters. The molecule has 1 fully saturated rings. The van der Waals surface area contributed by atoms with Crippen LogP contribution in [0.2, 0.25) is 0 Å². The zero-order chi connectivity index (χ0) is 17.2. The molecule has 1 aromatic rings. The van der Waals surface area contributed by atoms with Gasteiger partial charge in [0.25, 0.3) is 5.91 Å². The van der Waals surface area contributed by atoms with Gasteiger partial charge in [-0.15, -0.1) is 0 Å². The third-order valence-corrected chi connectivity index (χ3v) is 4.29. The predicted molar refractivity (Wildman–Crippen MR) is 94.3 cm³/mol. The van der Waals surface area contributed by atoms with Gasteiger partial charge in [-0.1, -0.05) is 52.5 Å². The van der Waals surface area contributed by atoms with E-state index in [1.165, 1.54) is 0 Å². The van der Waals surface area contributed by atoms with E-state index in [-0.39, 0.29) is 18.1 Å². The lowest BCUT2D eigenvalue weighted by Crippen LogP contribution is -2.60. The Morgan fingerprint density at radius 1 is 1.30 bits per heavy atom. The van der Waals surface area contributed by atoms with E-state index in [1.807, 2.05) is 37.8 Å². The van der Waals surface area contributed by atoms with Gasteiger partial charge in [-0.05, 0) is 32.9 Å². The van der Waals surface area contributed by atoms with Gasteiger partial charge in [0.1, 0.15) is 6.17 Å². The van der Waals surface area contributed by atoms with Crippen LogP contribution in [0.15, 0.2) is 24.3 Å². The molecular weight excluding hydrogens is 359 g/mol. The Bertz CT molecular complexity index is 553. The monoisotopic (exact) mass is 378 g/mol. The zero-order valence-corrected chi connectivity index (χ0v) is 15.6. The lowest BCUT2D eigenvalue weighted by molar-refractivity contribution is -0.0826. The van der Waals surface area contributed by atoms with Crippen molar-refractivity contribution < 1.29 is 9.53 Å². The molecule has 0 aromatic heterocycles. The summed E-state index contributed by atoms with van der Waals surface area (Å²) in [4.78, 5) is 14.5. The number of hydrogen-bond acceptors (Lipinski definition) is 3. The predicted octanol–water partition coefficient (Wildman–Crippen LogP) is 3.53. The molecule has 1 amide bonds. The number of carbonyl (C=O) groups is 1. The summed E-state index contributed by atoms with van der Waals surface area (Å²) in [5.74, 6) is -0.267. The average molecular weight is 380 g/mol.